The lowest BCUT2D eigenvalue weighted by Crippen LogP contribution is -2.22. The number of carbonyl (C=O) groups is 1. The van der Waals surface area contributed by atoms with Gasteiger partial charge in [-0.15, -0.1) is 0 Å². The van der Waals surface area contributed by atoms with Crippen molar-refractivity contribution in [1.82, 2.24) is 4.90 Å². The third-order valence-corrected chi connectivity index (χ3v) is 5.89. The van der Waals surface area contributed by atoms with E-state index in [4.69, 9.17) is 33.3 Å². The van der Waals surface area contributed by atoms with Gasteiger partial charge in [0.25, 0.3) is 5.91 Å². The van der Waals surface area contributed by atoms with Crippen LogP contribution in [0, 0.1) is 13.8 Å². The maximum atomic E-state index is 12.2. The van der Waals surface area contributed by atoms with E-state index in [0.717, 1.165) is 16.9 Å². The van der Waals surface area contributed by atoms with Crippen molar-refractivity contribution in [1.29, 1.82) is 0 Å². The molecule has 146 valence electrons. The van der Waals surface area contributed by atoms with Crippen molar-refractivity contribution in [2.45, 2.75) is 13.8 Å². The summed E-state index contributed by atoms with van der Waals surface area (Å²) in [5.74, 6) is 1.35. The van der Waals surface area contributed by atoms with Gasteiger partial charge in [0.2, 0.25) is 0 Å². The minimum absolute atomic E-state index is 0.126. The molecule has 1 fully saturated rings. The van der Waals surface area contributed by atoms with Crippen LogP contribution in [0.5, 0.6) is 11.5 Å². The average molecular weight is 434 g/mol. The molecule has 0 N–H and O–H groups in total. The van der Waals surface area contributed by atoms with Crippen LogP contribution in [0.3, 0.4) is 0 Å². The van der Waals surface area contributed by atoms with Crippen LogP contribution in [0.25, 0.3) is 6.08 Å². The summed E-state index contributed by atoms with van der Waals surface area (Å²) in [6, 6.07) is 11.4. The molecule has 1 saturated heterocycles. The molecule has 7 heteroatoms. The van der Waals surface area contributed by atoms with Gasteiger partial charge in [-0.1, -0.05) is 53.3 Å². The SMILES string of the molecule is Cc1ccc(OCCOc2ccc(Cl)cc2C=C2SC(=S)N(C)C2=O)c(C)c1. The Morgan fingerprint density at radius 3 is 2.43 bits per heavy atom. The predicted molar refractivity (Wildman–Crippen MR) is 119 cm³/mol. The Morgan fingerprint density at radius 2 is 1.79 bits per heavy atom. The van der Waals surface area contributed by atoms with Gasteiger partial charge in [-0.05, 0) is 49.8 Å². The molecule has 4 nitrogen and oxygen atoms in total. The van der Waals surface area contributed by atoms with Crippen LogP contribution in [-0.4, -0.2) is 35.4 Å². The summed E-state index contributed by atoms with van der Waals surface area (Å²) < 4.78 is 12.2. The molecule has 0 radical (unpaired) electrons. The van der Waals surface area contributed by atoms with Gasteiger partial charge < -0.3 is 9.47 Å². The zero-order valence-corrected chi connectivity index (χ0v) is 18.2. The molecule has 0 atom stereocenters. The fraction of sp³-hybridized carbons (Fsp3) is 0.238. The van der Waals surface area contributed by atoms with E-state index in [1.54, 1.807) is 31.3 Å². The quantitative estimate of drug-likeness (QED) is 0.353. The first kappa shape index (κ1) is 20.7. The Hall–Kier alpha value is -2.02. The van der Waals surface area contributed by atoms with E-state index in [1.165, 1.54) is 22.2 Å². The second-order valence-corrected chi connectivity index (χ2v) is 8.50. The van der Waals surface area contributed by atoms with E-state index in [1.807, 2.05) is 26.0 Å². The van der Waals surface area contributed by atoms with Crippen molar-refractivity contribution in [3.8, 4) is 11.5 Å². The molecule has 0 spiro atoms. The van der Waals surface area contributed by atoms with E-state index in [0.29, 0.717) is 33.2 Å². The average Bonchev–Trinajstić information content (AvgIpc) is 2.88. The Kier molecular flexibility index (Phi) is 6.65. The van der Waals surface area contributed by atoms with Gasteiger partial charge in [-0.2, -0.15) is 0 Å². The minimum atomic E-state index is -0.126. The number of amides is 1. The van der Waals surface area contributed by atoms with Crippen molar-refractivity contribution < 1.29 is 14.3 Å². The monoisotopic (exact) mass is 433 g/mol. The molecule has 1 heterocycles. The van der Waals surface area contributed by atoms with Crippen LogP contribution in [0.1, 0.15) is 16.7 Å². The Balaban J connectivity index is 1.68. The Morgan fingerprint density at radius 1 is 1.11 bits per heavy atom. The van der Waals surface area contributed by atoms with Crippen LogP contribution in [0.2, 0.25) is 5.02 Å². The number of aryl methyl sites for hydroxylation is 2. The first-order valence-corrected chi connectivity index (χ1v) is 10.3. The largest absolute Gasteiger partial charge is 0.490 e. The highest BCUT2D eigenvalue weighted by atomic mass is 35.5. The molecule has 0 unspecified atom stereocenters. The molecule has 0 aromatic heterocycles. The summed E-state index contributed by atoms with van der Waals surface area (Å²) in [5, 5.41) is 0.567. The molecule has 2 aromatic rings. The summed E-state index contributed by atoms with van der Waals surface area (Å²) in [5.41, 5.74) is 3.02. The number of thiocarbonyl (C=S) groups is 1. The summed E-state index contributed by atoms with van der Waals surface area (Å²) in [4.78, 5) is 14.2. The number of benzene rings is 2. The number of nitrogens with zero attached hydrogens (tertiary/aromatic N) is 1. The second kappa shape index (κ2) is 8.99. The van der Waals surface area contributed by atoms with Gasteiger partial charge in [0.15, 0.2) is 0 Å². The zero-order valence-electron chi connectivity index (χ0n) is 15.8. The van der Waals surface area contributed by atoms with Gasteiger partial charge in [-0.25, -0.2) is 0 Å². The van der Waals surface area contributed by atoms with Gasteiger partial charge in [0.05, 0.1) is 4.91 Å². The molecule has 1 amide bonds. The number of thioether (sulfide) groups is 1. The highest BCUT2D eigenvalue weighted by molar-refractivity contribution is 8.26. The number of hydrogen-bond acceptors (Lipinski definition) is 5. The molecule has 28 heavy (non-hydrogen) atoms. The van der Waals surface area contributed by atoms with Crippen molar-refractivity contribution >= 4 is 51.9 Å². The number of hydrogen-bond donors (Lipinski definition) is 0. The van der Waals surface area contributed by atoms with E-state index >= 15 is 0 Å². The van der Waals surface area contributed by atoms with E-state index in [-0.39, 0.29) is 5.91 Å². The zero-order chi connectivity index (χ0) is 20.3. The van der Waals surface area contributed by atoms with Crippen molar-refractivity contribution in [3.63, 3.8) is 0 Å². The highest BCUT2D eigenvalue weighted by Crippen LogP contribution is 2.34. The molecule has 0 bridgehead atoms. The fourth-order valence-corrected chi connectivity index (χ4v) is 4.07. The maximum Gasteiger partial charge on any atom is 0.265 e. The molecule has 1 aliphatic heterocycles. The lowest BCUT2D eigenvalue weighted by atomic mass is 10.1. The Labute approximate surface area is 179 Å². The summed E-state index contributed by atoms with van der Waals surface area (Å²) in [7, 11) is 1.66. The molecule has 3 rings (SSSR count). The second-order valence-electron chi connectivity index (χ2n) is 6.39. The third-order valence-electron chi connectivity index (χ3n) is 4.17. The van der Waals surface area contributed by atoms with Crippen LogP contribution < -0.4 is 9.47 Å². The molecule has 2 aromatic carbocycles. The minimum Gasteiger partial charge on any atom is -0.490 e. The molecular formula is C21H20ClNO3S2. The predicted octanol–water partition coefficient (Wildman–Crippen LogP) is 5.25. The van der Waals surface area contributed by atoms with Crippen LogP contribution in [0.4, 0.5) is 0 Å². The molecule has 1 aliphatic rings. The van der Waals surface area contributed by atoms with Gasteiger partial charge >= 0.3 is 0 Å². The van der Waals surface area contributed by atoms with Gasteiger partial charge in [0, 0.05) is 17.6 Å². The number of ether oxygens (including phenoxy) is 2. The molecular weight excluding hydrogens is 414 g/mol. The summed E-state index contributed by atoms with van der Waals surface area (Å²) >= 11 is 12.6. The van der Waals surface area contributed by atoms with E-state index < -0.39 is 0 Å². The van der Waals surface area contributed by atoms with Crippen molar-refractivity contribution in [3.05, 3.63) is 63.0 Å². The van der Waals surface area contributed by atoms with Crippen LogP contribution >= 0.6 is 35.6 Å². The standard InChI is InChI=1S/C21H20ClNO3S2/c1-13-4-6-17(14(2)10-13)25-8-9-26-18-7-5-16(22)11-15(18)12-19-20(24)23(3)21(27)28-19/h4-7,10-12H,8-9H2,1-3H3. The lowest BCUT2D eigenvalue weighted by molar-refractivity contribution is -0.121. The van der Waals surface area contributed by atoms with Crippen molar-refractivity contribution in [2.24, 2.45) is 0 Å². The van der Waals surface area contributed by atoms with Crippen molar-refractivity contribution in [2.75, 3.05) is 20.3 Å². The first-order valence-electron chi connectivity index (χ1n) is 8.69. The first-order chi connectivity index (χ1) is 13.3. The van der Waals surface area contributed by atoms with Gasteiger partial charge in [0.1, 0.15) is 29.0 Å². The number of rotatable bonds is 6. The molecule has 0 saturated carbocycles. The van der Waals surface area contributed by atoms with Crippen LogP contribution in [0.15, 0.2) is 41.3 Å². The molecule has 0 aliphatic carbocycles. The topological polar surface area (TPSA) is 38.8 Å². The van der Waals surface area contributed by atoms with Crippen LogP contribution in [-0.2, 0) is 4.79 Å². The highest BCUT2D eigenvalue weighted by Gasteiger charge is 2.29. The van der Waals surface area contributed by atoms with E-state index in [9.17, 15) is 4.79 Å². The summed E-state index contributed by atoms with van der Waals surface area (Å²) in [6.45, 7) is 4.84. The third kappa shape index (κ3) is 4.87. The van der Waals surface area contributed by atoms with E-state index in [2.05, 4.69) is 6.07 Å². The Bertz CT molecular complexity index is 959. The number of likely N-dealkylation sites (N-methyl/N-ethyl adjacent to an activating group) is 1. The number of halogens is 1. The number of carbonyl (C=O) groups excluding carboxylic acids is 1. The summed E-state index contributed by atoms with van der Waals surface area (Å²) in [6.07, 6.45) is 1.76. The van der Waals surface area contributed by atoms with Gasteiger partial charge in [-0.3, -0.25) is 9.69 Å². The maximum absolute atomic E-state index is 12.2. The normalized spacial score (nSPS) is 15.4. The smallest absolute Gasteiger partial charge is 0.265 e. The lowest BCUT2D eigenvalue weighted by Gasteiger charge is -2.12. The fourth-order valence-electron chi connectivity index (χ4n) is 2.71.